The first-order chi connectivity index (χ1) is 8.70. The zero-order valence-corrected chi connectivity index (χ0v) is 12.0. The van der Waals surface area contributed by atoms with E-state index in [0.29, 0.717) is 6.04 Å². The van der Waals surface area contributed by atoms with Gasteiger partial charge in [-0.2, -0.15) is 5.10 Å². The Balaban J connectivity index is 1.87. The van der Waals surface area contributed by atoms with Crippen LogP contribution in [0.15, 0.2) is 12.4 Å². The second-order valence-electron chi connectivity index (χ2n) is 5.88. The Hall–Kier alpha value is -0.830. The second-order valence-corrected chi connectivity index (χ2v) is 5.88. The standard InChI is InChI=1S/C15H27N3/c1-4-18-11-13(10-17-18)9-16-15-8-6-5-7-14(15)12(2)3/h10-12,14-16H,4-9H2,1-3H3. The zero-order chi connectivity index (χ0) is 13.0. The summed E-state index contributed by atoms with van der Waals surface area (Å²) in [6.45, 7) is 8.77. The second kappa shape index (κ2) is 6.37. The van der Waals surface area contributed by atoms with E-state index in [-0.39, 0.29) is 0 Å². The molecule has 18 heavy (non-hydrogen) atoms. The van der Waals surface area contributed by atoms with Gasteiger partial charge in [0.05, 0.1) is 6.20 Å². The van der Waals surface area contributed by atoms with E-state index < -0.39 is 0 Å². The van der Waals surface area contributed by atoms with Gasteiger partial charge >= 0.3 is 0 Å². The molecule has 0 bridgehead atoms. The highest BCUT2D eigenvalue weighted by Crippen LogP contribution is 2.30. The first-order valence-electron chi connectivity index (χ1n) is 7.45. The Morgan fingerprint density at radius 3 is 2.83 bits per heavy atom. The van der Waals surface area contributed by atoms with Crippen molar-refractivity contribution in [1.82, 2.24) is 15.1 Å². The molecular weight excluding hydrogens is 222 g/mol. The lowest BCUT2D eigenvalue weighted by Crippen LogP contribution is -2.40. The third-order valence-corrected chi connectivity index (χ3v) is 4.25. The van der Waals surface area contributed by atoms with Crippen molar-refractivity contribution < 1.29 is 0 Å². The van der Waals surface area contributed by atoms with Crippen LogP contribution in [0.25, 0.3) is 0 Å². The minimum Gasteiger partial charge on any atom is -0.310 e. The summed E-state index contributed by atoms with van der Waals surface area (Å²) >= 11 is 0. The third-order valence-electron chi connectivity index (χ3n) is 4.25. The average Bonchev–Trinajstić information content (AvgIpc) is 2.84. The van der Waals surface area contributed by atoms with Crippen molar-refractivity contribution in [3.05, 3.63) is 18.0 Å². The molecule has 0 amide bonds. The molecule has 0 radical (unpaired) electrons. The summed E-state index contributed by atoms with van der Waals surface area (Å²) in [6.07, 6.45) is 9.67. The summed E-state index contributed by atoms with van der Waals surface area (Å²) in [7, 11) is 0. The van der Waals surface area contributed by atoms with Gasteiger partial charge in [-0.15, -0.1) is 0 Å². The molecule has 102 valence electrons. The predicted molar refractivity (Wildman–Crippen MR) is 75.3 cm³/mol. The molecule has 0 aliphatic heterocycles. The zero-order valence-electron chi connectivity index (χ0n) is 12.0. The van der Waals surface area contributed by atoms with E-state index >= 15 is 0 Å². The van der Waals surface area contributed by atoms with E-state index in [2.05, 4.69) is 37.4 Å². The van der Waals surface area contributed by atoms with Crippen molar-refractivity contribution >= 4 is 0 Å². The average molecular weight is 249 g/mol. The molecule has 1 aromatic heterocycles. The topological polar surface area (TPSA) is 29.9 Å². The Labute approximate surface area is 111 Å². The highest BCUT2D eigenvalue weighted by atomic mass is 15.3. The van der Waals surface area contributed by atoms with Crippen LogP contribution < -0.4 is 5.32 Å². The molecule has 3 nitrogen and oxygen atoms in total. The number of rotatable bonds is 5. The van der Waals surface area contributed by atoms with Gasteiger partial charge in [-0.25, -0.2) is 0 Å². The molecule has 2 rings (SSSR count). The van der Waals surface area contributed by atoms with Crippen molar-refractivity contribution in [3.8, 4) is 0 Å². The molecule has 1 saturated carbocycles. The van der Waals surface area contributed by atoms with Crippen LogP contribution in [0, 0.1) is 11.8 Å². The van der Waals surface area contributed by atoms with Crippen molar-refractivity contribution in [2.75, 3.05) is 0 Å². The molecule has 0 saturated heterocycles. The van der Waals surface area contributed by atoms with Crippen molar-refractivity contribution in [3.63, 3.8) is 0 Å². The van der Waals surface area contributed by atoms with Crippen LogP contribution >= 0.6 is 0 Å². The van der Waals surface area contributed by atoms with Gasteiger partial charge in [-0.1, -0.05) is 26.7 Å². The Bertz CT molecular complexity index is 356. The number of hydrogen-bond acceptors (Lipinski definition) is 2. The lowest BCUT2D eigenvalue weighted by Gasteiger charge is -2.35. The molecule has 0 aromatic carbocycles. The van der Waals surface area contributed by atoms with Gasteiger partial charge in [-0.05, 0) is 31.6 Å². The van der Waals surface area contributed by atoms with Crippen LogP contribution in [0.4, 0.5) is 0 Å². The summed E-state index contributed by atoms with van der Waals surface area (Å²) < 4.78 is 2.00. The highest BCUT2D eigenvalue weighted by Gasteiger charge is 2.26. The molecule has 1 heterocycles. The lowest BCUT2D eigenvalue weighted by atomic mass is 9.78. The number of aryl methyl sites for hydroxylation is 1. The molecule has 1 N–H and O–H groups in total. The molecule has 1 aliphatic rings. The molecule has 2 atom stereocenters. The predicted octanol–water partition coefficient (Wildman–Crippen LogP) is 3.21. The van der Waals surface area contributed by atoms with Crippen molar-refractivity contribution in [2.24, 2.45) is 11.8 Å². The molecule has 0 spiro atoms. The van der Waals surface area contributed by atoms with Crippen LogP contribution in [-0.2, 0) is 13.1 Å². The molecule has 1 fully saturated rings. The highest BCUT2D eigenvalue weighted by molar-refractivity contribution is 5.03. The van der Waals surface area contributed by atoms with E-state index in [1.165, 1.54) is 31.2 Å². The molecule has 1 aliphatic carbocycles. The minimum absolute atomic E-state index is 0.698. The monoisotopic (exact) mass is 249 g/mol. The Morgan fingerprint density at radius 1 is 1.39 bits per heavy atom. The van der Waals surface area contributed by atoms with Gasteiger partial charge in [0.15, 0.2) is 0 Å². The normalized spacial score (nSPS) is 24.7. The van der Waals surface area contributed by atoms with Crippen LogP contribution in [0.1, 0.15) is 52.0 Å². The van der Waals surface area contributed by atoms with Crippen LogP contribution in [0.5, 0.6) is 0 Å². The van der Waals surface area contributed by atoms with Crippen LogP contribution in [0.3, 0.4) is 0 Å². The summed E-state index contributed by atoms with van der Waals surface area (Å²) in [5, 5.41) is 8.08. The molecule has 3 heteroatoms. The van der Waals surface area contributed by atoms with E-state index in [9.17, 15) is 0 Å². The minimum atomic E-state index is 0.698. The van der Waals surface area contributed by atoms with Gasteiger partial charge < -0.3 is 5.32 Å². The van der Waals surface area contributed by atoms with E-state index in [0.717, 1.165) is 24.9 Å². The smallest absolute Gasteiger partial charge is 0.0534 e. The van der Waals surface area contributed by atoms with Crippen molar-refractivity contribution in [2.45, 2.75) is 65.6 Å². The number of hydrogen-bond donors (Lipinski definition) is 1. The fourth-order valence-electron chi connectivity index (χ4n) is 3.13. The Kier molecular flexibility index (Phi) is 4.81. The first kappa shape index (κ1) is 13.6. The van der Waals surface area contributed by atoms with Gasteiger partial charge in [0.2, 0.25) is 0 Å². The van der Waals surface area contributed by atoms with E-state index in [1.54, 1.807) is 0 Å². The lowest BCUT2D eigenvalue weighted by molar-refractivity contribution is 0.204. The van der Waals surface area contributed by atoms with Gasteiger partial charge in [0, 0.05) is 30.9 Å². The third kappa shape index (κ3) is 3.35. The summed E-state index contributed by atoms with van der Waals surface area (Å²) in [5.74, 6) is 1.64. The maximum absolute atomic E-state index is 4.33. The Morgan fingerprint density at radius 2 is 2.17 bits per heavy atom. The van der Waals surface area contributed by atoms with Gasteiger partial charge in [-0.3, -0.25) is 4.68 Å². The SMILES string of the molecule is CCn1cc(CNC2CCCCC2C(C)C)cn1. The summed E-state index contributed by atoms with van der Waals surface area (Å²) in [4.78, 5) is 0. The maximum atomic E-state index is 4.33. The van der Waals surface area contributed by atoms with Gasteiger partial charge in [0.1, 0.15) is 0 Å². The maximum Gasteiger partial charge on any atom is 0.0534 e. The van der Waals surface area contributed by atoms with Crippen molar-refractivity contribution in [1.29, 1.82) is 0 Å². The van der Waals surface area contributed by atoms with Crippen LogP contribution in [0.2, 0.25) is 0 Å². The van der Waals surface area contributed by atoms with E-state index in [4.69, 9.17) is 0 Å². The number of nitrogens with zero attached hydrogens (tertiary/aromatic N) is 2. The molecule has 2 unspecified atom stereocenters. The molecule has 1 aromatic rings. The summed E-state index contributed by atoms with van der Waals surface area (Å²) in [5.41, 5.74) is 1.31. The number of aromatic nitrogens is 2. The van der Waals surface area contributed by atoms with Crippen LogP contribution in [-0.4, -0.2) is 15.8 Å². The number of nitrogens with one attached hydrogen (secondary N) is 1. The quantitative estimate of drug-likeness (QED) is 0.868. The first-order valence-corrected chi connectivity index (χ1v) is 7.45. The fourth-order valence-corrected chi connectivity index (χ4v) is 3.13. The van der Waals surface area contributed by atoms with E-state index in [1.807, 2.05) is 10.9 Å². The molecular formula is C15H27N3. The fraction of sp³-hybridized carbons (Fsp3) is 0.800. The summed E-state index contributed by atoms with van der Waals surface area (Å²) in [6, 6.07) is 0.698. The largest absolute Gasteiger partial charge is 0.310 e. The van der Waals surface area contributed by atoms with Gasteiger partial charge in [0.25, 0.3) is 0 Å².